The van der Waals surface area contributed by atoms with Gasteiger partial charge in [0.05, 0.1) is 0 Å². The van der Waals surface area contributed by atoms with E-state index < -0.39 is 23.4 Å². The van der Waals surface area contributed by atoms with Crippen LogP contribution in [0.4, 0.5) is 9.59 Å². The molecule has 8 heteroatoms. The number of ether oxygens (including phenoxy) is 2. The lowest BCUT2D eigenvalue weighted by Gasteiger charge is -2.22. The van der Waals surface area contributed by atoms with Crippen molar-refractivity contribution in [3.8, 4) is 0 Å². The van der Waals surface area contributed by atoms with Gasteiger partial charge < -0.3 is 9.47 Å². The number of amides is 2. The normalized spacial score (nSPS) is 11.5. The molecule has 0 aromatic heterocycles. The summed E-state index contributed by atoms with van der Waals surface area (Å²) < 4.78 is 10.4. The number of rotatable bonds is 8. The van der Waals surface area contributed by atoms with Gasteiger partial charge in [-0.15, -0.1) is 0 Å². The summed E-state index contributed by atoms with van der Waals surface area (Å²) in [4.78, 5) is 28.2. The van der Waals surface area contributed by atoms with Crippen LogP contribution in [0, 0.1) is 0 Å². The summed E-state index contributed by atoms with van der Waals surface area (Å²) in [5, 5.41) is 6.01. The molecule has 0 unspecified atom stereocenters. The van der Waals surface area contributed by atoms with E-state index in [0.29, 0.717) is 6.54 Å². The number of aliphatic imine (C=N–C) groups is 1. The molecule has 2 N–H and O–H groups in total. The number of hydrogen-bond donors (Lipinski definition) is 2. The monoisotopic (exact) mass is 449 g/mol. The Morgan fingerprint density at radius 1 is 0.778 bits per heavy atom. The first kappa shape index (κ1) is 25.7. The van der Waals surface area contributed by atoms with Gasteiger partial charge in [-0.05, 0) is 54.4 Å². The number of halogens is 1. The SMILES string of the molecule is CC(C)(C)OC(=O)NC(=NCCCCCCCCBr)NC(=O)OC(C)(C)C. The van der Waals surface area contributed by atoms with Gasteiger partial charge in [0.15, 0.2) is 0 Å². The molecule has 0 aromatic rings. The fraction of sp³-hybridized carbons (Fsp3) is 0.842. The highest BCUT2D eigenvalue weighted by Crippen LogP contribution is 2.08. The van der Waals surface area contributed by atoms with Gasteiger partial charge in [-0.2, -0.15) is 0 Å². The van der Waals surface area contributed by atoms with Crippen LogP contribution < -0.4 is 10.6 Å². The molecule has 0 rings (SSSR count). The molecule has 0 aromatic carbocycles. The standard InChI is InChI=1S/C19H36BrN3O4/c1-18(2,3)26-16(24)22-15(23-17(25)27-19(4,5)6)21-14-12-10-8-7-9-11-13-20/h7-14H2,1-6H3,(H2,21,22,23,24,25). The molecule has 0 atom stereocenters. The van der Waals surface area contributed by atoms with Crippen LogP contribution in [0.1, 0.15) is 80.1 Å². The molecule has 0 heterocycles. The van der Waals surface area contributed by atoms with E-state index in [1.807, 2.05) is 0 Å². The molecule has 0 spiro atoms. The number of nitrogens with one attached hydrogen (secondary N) is 2. The Hall–Kier alpha value is -1.31. The third-order valence-electron chi connectivity index (χ3n) is 3.05. The molecule has 0 aliphatic rings. The molecule has 0 aliphatic carbocycles. The van der Waals surface area contributed by atoms with E-state index in [9.17, 15) is 9.59 Å². The Balaban J connectivity index is 4.58. The van der Waals surface area contributed by atoms with E-state index in [2.05, 4.69) is 31.6 Å². The van der Waals surface area contributed by atoms with Gasteiger partial charge in [0.1, 0.15) is 11.2 Å². The molecule has 2 amide bonds. The minimum atomic E-state index is -0.674. The third-order valence-corrected chi connectivity index (χ3v) is 3.61. The Bertz CT molecular complexity index is 450. The Morgan fingerprint density at radius 2 is 1.19 bits per heavy atom. The first-order valence-electron chi connectivity index (χ1n) is 9.53. The van der Waals surface area contributed by atoms with E-state index in [1.54, 1.807) is 41.5 Å². The van der Waals surface area contributed by atoms with Crippen LogP contribution in [0.5, 0.6) is 0 Å². The number of guanidine groups is 1. The van der Waals surface area contributed by atoms with Crippen LogP contribution >= 0.6 is 15.9 Å². The molecule has 158 valence electrons. The van der Waals surface area contributed by atoms with Crippen LogP contribution in [-0.2, 0) is 9.47 Å². The zero-order chi connectivity index (χ0) is 20.9. The van der Waals surface area contributed by atoms with E-state index >= 15 is 0 Å². The Kier molecular flexibility index (Phi) is 12.3. The molecule has 0 bridgehead atoms. The predicted molar refractivity (Wildman–Crippen MR) is 113 cm³/mol. The Labute approximate surface area is 172 Å². The number of alkyl halides is 1. The van der Waals surface area contributed by atoms with Gasteiger partial charge in [0.2, 0.25) is 5.96 Å². The van der Waals surface area contributed by atoms with Crippen molar-refractivity contribution in [2.24, 2.45) is 4.99 Å². The third kappa shape index (κ3) is 17.8. The number of nitrogens with zero attached hydrogens (tertiary/aromatic N) is 1. The van der Waals surface area contributed by atoms with Gasteiger partial charge in [-0.3, -0.25) is 15.6 Å². The van der Waals surface area contributed by atoms with Crippen LogP contribution in [0.25, 0.3) is 0 Å². The first-order valence-corrected chi connectivity index (χ1v) is 10.7. The summed E-state index contributed by atoms with van der Waals surface area (Å²) >= 11 is 3.43. The fourth-order valence-corrected chi connectivity index (χ4v) is 2.41. The summed E-state index contributed by atoms with van der Waals surface area (Å²) in [6.07, 6.45) is 5.36. The van der Waals surface area contributed by atoms with Crippen molar-refractivity contribution in [2.75, 3.05) is 11.9 Å². The second-order valence-electron chi connectivity index (χ2n) is 8.29. The van der Waals surface area contributed by atoms with Crippen molar-refractivity contribution in [1.82, 2.24) is 10.6 Å². The van der Waals surface area contributed by atoms with E-state index in [-0.39, 0.29) is 5.96 Å². The smallest absolute Gasteiger partial charge is 0.414 e. The zero-order valence-corrected chi connectivity index (χ0v) is 19.2. The summed E-state index contributed by atoms with van der Waals surface area (Å²) in [7, 11) is 0. The van der Waals surface area contributed by atoms with Crippen molar-refractivity contribution in [1.29, 1.82) is 0 Å². The van der Waals surface area contributed by atoms with E-state index in [0.717, 1.165) is 24.6 Å². The van der Waals surface area contributed by atoms with E-state index in [1.165, 1.54) is 19.3 Å². The topological polar surface area (TPSA) is 89.0 Å². The summed E-state index contributed by atoms with van der Waals surface area (Å²) in [5.74, 6) is 0.0396. The van der Waals surface area contributed by atoms with Gasteiger partial charge in [-0.25, -0.2) is 9.59 Å². The maximum absolute atomic E-state index is 12.0. The predicted octanol–water partition coefficient (Wildman–Crippen LogP) is 5.13. The highest BCUT2D eigenvalue weighted by atomic mass is 79.9. The van der Waals surface area contributed by atoms with Crippen molar-refractivity contribution in [3.05, 3.63) is 0 Å². The maximum atomic E-state index is 12.0. The second kappa shape index (κ2) is 13.0. The highest BCUT2D eigenvalue weighted by Gasteiger charge is 2.21. The number of hydrogen-bond acceptors (Lipinski definition) is 5. The van der Waals surface area contributed by atoms with Crippen molar-refractivity contribution in [3.63, 3.8) is 0 Å². The number of carbonyl (C=O) groups is 2. The lowest BCUT2D eigenvalue weighted by Crippen LogP contribution is -2.47. The first-order chi connectivity index (χ1) is 12.4. The Morgan fingerprint density at radius 3 is 1.59 bits per heavy atom. The summed E-state index contributed by atoms with van der Waals surface area (Å²) in [6.45, 7) is 11.1. The fourth-order valence-electron chi connectivity index (χ4n) is 2.02. The summed E-state index contributed by atoms with van der Waals surface area (Å²) in [5.41, 5.74) is -1.29. The quantitative estimate of drug-likeness (QED) is 0.232. The average molecular weight is 450 g/mol. The minimum Gasteiger partial charge on any atom is -0.444 e. The van der Waals surface area contributed by atoms with Crippen LogP contribution in [0.3, 0.4) is 0 Å². The number of alkyl carbamates (subject to hydrolysis) is 2. The maximum Gasteiger partial charge on any atom is 0.414 e. The molecule has 0 saturated carbocycles. The van der Waals surface area contributed by atoms with Crippen molar-refractivity contribution in [2.45, 2.75) is 91.3 Å². The lowest BCUT2D eigenvalue weighted by molar-refractivity contribution is 0.0545. The molecule has 0 fully saturated rings. The van der Waals surface area contributed by atoms with Gasteiger partial charge in [-0.1, -0.05) is 41.6 Å². The second-order valence-corrected chi connectivity index (χ2v) is 9.09. The number of unbranched alkanes of at least 4 members (excludes halogenated alkanes) is 5. The van der Waals surface area contributed by atoms with Crippen LogP contribution in [-0.4, -0.2) is 41.2 Å². The van der Waals surface area contributed by atoms with E-state index in [4.69, 9.17) is 9.47 Å². The average Bonchev–Trinajstić information content (AvgIpc) is 2.45. The van der Waals surface area contributed by atoms with Crippen LogP contribution in [0.15, 0.2) is 4.99 Å². The summed E-state index contributed by atoms with van der Waals surface area (Å²) in [6, 6.07) is 0. The van der Waals surface area contributed by atoms with Gasteiger partial charge >= 0.3 is 12.2 Å². The molecule has 27 heavy (non-hydrogen) atoms. The largest absolute Gasteiger partial charge is 0.444 e. The van der Waals surface area contributed by atoms with Crippen LogP contribution in [0.2, 0.25) is 0 Å². The highest BCUT2D eigenvalue weighted by molar-refractivity contribution is 9.09. The molecule has 7 nitrogen and oxygen atoms in total. The van der Waals surface area contributed by atoms with Gasteiger partial charge in [0.25, 0.3) is 0 Å². The molecule has 0 aliphatic heterocycles. The molecule has 0 radical (unpaired) electrons. The molecular weight excluding hydrogens is 414 g/mol. The molecular formula is C19H36BrN3O4. The number of carbonyl (C=O) groups excluding carboxylic acids is 2. The molecule has 0 saturated heterocycles. The minimum absolute atomic E-state index is 0.0396. The van der Waals surface area contributed by atoms with Gasteiger partial charge in [0, 0.05) is 11.9 Å². The lowest BCUT2D eigenvalue weighted by atomic mass is 10.1. The van der Waals surface area contributed by atoms with Crippen molar-refractivity contribution >= 4 is 34.1 Å². The zero-order valence-electron chi connectivity index (χ0n) is 17.6. The van der Waals surface area contributed by atoms with Crippen molar-refractivity contribution < 1.29 is 19.1 Å².